The van der Waals surface area contributed by atoms with E-state index in [4.69, 9.17) is 20.6 Å². The number of halogens is 1. The molecule has 4 N–H and O–H groups in total. The molecule has 0 aromatic heterocycles. The van der Waals surface area contributed by atoms with E-state index in [2.05, 4.69) is 5.32 Å². The molecule has 0 spiro atoms. The Morgan fingerprint density at radius 2 is 1.46 bits per heavy atom. The van der Waals surface area contributed by atoms with Crippen LogP contribution in [0.25, 0.3) is 11.1 Å². The molecule has 4 rings (SSSR count). The lowest BCUT2D eigenvalue weighted by Crippen LogP contribution is -2.36. The predicted molar refractivity (Wildman–Crippen MR) is 146 cm³/mol. The highest BCUT2D eigenvalue weighted by Gasteiger charge is 2.27. The third-order valence-electron chi connectivity index (χ3n) is 6.50. The molecule has 3 aromatic rings. The van der Waals surface area contributed by atoms with Crippen molar-refractivity contribution in [3.63, 3.8) is 0 Å². The molecule has 0 unspecified atom stereocenters. The summed E-state index contributed by atoms with van der Waals surface area (Å²) >= 11 is 0. The number of benzene rings is 3. The van der Waals surface area contributed by atoms with Gasteiger partial charge in [-0.1, -0.05) is 54.6 Å². The topological polar surface area (TPSA) is 115 Å². The molecular formula is C29H32ClN3O4. The lowest BCUT2D eigenvalue weighted by molar-refractivity contribution is -0.140. The predicted octanol–water partition coefficient (Wildman–Crippen LogP) is 5.33. The summed E-state index contributed by atoms with van der Waals surface area (Å²) in [6.45, 7) is 0.911. The van der Waals surface area contributed by atoms with Crippen LogP contribution in [-0.4, -0.2) is 24.4 Å². The quantitative estimate of drug-likeness (QED) is 0.160. The van der Waals surface area contributed by atoms with Crippen molar-refractivity contribution in [2.45, 2.75) is 32.3 Å². The minimum atomic E-state index is -0.364. The van der Waals surface area contributed by atoms with Gasteiger partial charge in [-0.2, -0.15) is 0 Å². The molecule has 37 heavy (non-hydrogen) atoms. The maximum absolute atomic E-state index is 12.6. The first kappa shape index (κ1) is 27.7. The fourth-order valence-electron chi connectivity index (χ4n) is 4.38. The number of nitrogens with one attached hydrogen (secondary N) is 2. The van der Waals surface area contributed by atoms with E-state index >= 15 is 0 Å². The lowest BCUT2D eigenvalue weighted by Gasteiger charge is -2.27. The second-order valence-electron chi connectivity index (χ2n) is 9.10. The zero-order chi connectivity index (χ0) is 25.3. The van der Waals surface area contributed by atoms with Crippen LogP contribution in [0.1, 0.15) is 41.6 Å². The van der Waals surface area contributed by atoms with Crippen LogP contribution in [0.2, 0.25) is 0 Å². The van der Waals surface area contributed by atoms with E-state index in [-0.39, 0.29) is 42.8 Å². The Balaban J connectivity index is 0.00000380. The lowest BCUT2D eigenvalue weighted by atomic mass is 9.82. The molecule has 8 heteroatoms. The summed E-state index contributed by atoms with van der Waals surface area (Å²) in [4.78, 5) is 24.9. The number of esters is 2. The van der Waals surface area contributed by atoms with E-state index < -0.39 is 0 Å². The average Bonchev–Trinajstić information content (AvgIpc) is 2.92. The van der Waals surface area contributed by atoms with Crippen LogP contribution in [0.5, 0.6) is 5.75 Å². The summed E-state index contributed by atoms with van der Waals surface area (Å²) in [6.07, 6.45) is 3.38. The zero-order valence-corrected chi connectivity index (χ0v) is 21.3. The Bertz CT molecular complexity index is 1180. The largest absolute Gasteiger partial charge is 0.457 e. The van der Waals surface area contributed by atoms with E-state index in [0.717, 1.165) is 42.4 Å². The summed E-state index contributed by atoms with van der Waals surface area (Å²) in [6, 6.07) is 24.2. The van der Waals surface area contributed by atoms with Gasteiger partial charge in [0.1, 0.15) is 12.4 Å². The van der Waals surface area contributed by atoms with Gasteiger partial charge in [-0.3, -0.25) is 10.2 Å². The van der Waals surface area contributed by atoms with E-state index in [1.54, 1.807) is 24.3 Å². The molecule has 0 saturated heterocycles. The molecule has 0 amide bonds. The van der Waals surface area contributed by atoms with Crippen molar-refractivity contribution in [1.29, 1.82) is 5.41 Å². The van der Waals surface area contributed by atoms with Gasteiger partial charge in [0, 0.05) is 6.54 Å². The fraction of sp³-hybridized carbons (Fsp3) is 0.276. The highest BCUT2D eigenvalue weighted by atomic mass is 35.5. The number of ether oxygens (including phenoxy) is 2. The van der Waals surface area contributed by atoms with Gasteiger partial charge in [-0.25, -0.2) is 4.79 Å². The van der Waals surface area contributed by atoms with Gasteiger partial charge in [0.05, 0.1) is 11.5 Å². The first-order chi connectivity index (χ1) is 17.5. The number of hydrogen-bond acceptors (Lipinski definition) is 5. The standard InChI is InChI=1S/C29H31N3O4.ClH/c30-29(31)32-18-20-6-8-25(9-7-20)28(34)36-26-16-14-23(15-17-26)22-10-12-24(13-11-22)27(33)35-19-21-4-2-1-3-5-21;/h1-5,10-17,20,25H,6-9,18-19H2,(H4,30,31,32);1H/t20-,25-;. The SMILES string of the molecule is Cl.N=C(N)NC[C@H]1CC[C@H](C(=O)Oc2ccc(-c3ccc(C(=O)OCc4ccccc4)cc3)cc2)CC1. The number of rotatable bonds is 8. The molecule has 0 bridgehead atoms. The number of carbonyl (C=O) groups is 2. The molecule has 0 radical (unpaired) electrons. The van der Waals surface area contributed by atoms with Crippen molar-refractivity contribution < 1.29 is 19.1 Å². The highest BCUT2D eigenvalue weighted by molar-refractivity contribution is 5.90. The Morgan fingerprint density at radius 1 is 0.865 bits per heavy atom. The van der Waals surface area contributed by atoms with Gasteiger partial charge in [0.25, 0.3) is 0 Å². The first-order valence-electron chi connectivity index (χ1n) is 12.2. The zero-order valence-electron chi connectivity index (χ0n) is 20.5. The Hall–Kier alpha value is -3.84. The molecular weight excluding hydrogens is 490 g/mol. The van der Waals surface area contributed by atoms with Gasteiger partial charge in [-0.05, 0) is 72.6 Å². The number of nitrogens with two attached hydrogens (primary N) is 1. The number of carbonyl (C=O) groups excluding carboxylic acids is 2. The monoisotopic (exact) mass is 521 g/mol. The van der Waals surface area contributed by atoms with E-state index in [0.29, 0.717) is 23.8 Å². The van der Waals surface area contributed by atoms with Crippen LogP contribution < -0.4 is 15.8 Å². The van der Waals surface area contributed by atoms with Crippen LogP contribution in [0.15, 0.2) is 78.9 Å². The van der Waals surface area contributed by atoms with Crippen molar-refractivity contribution in [1.82, 2.24) is 5.32 Å². The minimum Gasteiger partial charge on any atom is -0.457 e. The van der Waals surface area contributed by atoms with Crippen LogP contribution >= 0.6 is 12.4 Å². The third kappa shape index (κ3) is 8.08. The second-order valence-corrected chi connectivity index (χ2v) is 9.10. The van der Waals surface area contributed by atoms with Crippen molar-refractivity contribution in [2.24, 2.45) is 17.6 Å². The third-order valence-corrected chi connectivity index (χ3v) is 6.50. The van der Waals surface area contributed by atoms with Crippen molar-refractivity contribution in [2.75, 3.05) is 6.54 Å². The first-order valence-corrected chi connectivity index (χ1v) is 12.2. The molecule has 0 heterocycles. The molecule has 7 nitrogen and oxygen atoms in total. The summed E-state index contributed by atoms with van der Waals surface area (Å²) in [5.74, 6) is 0.264. The van der Waals surface area contributed by atoms with E-state index in [1.165, 1.54) is 0 Å². The fourth-order valence-corrected chi connectivity index (χ4v) is 4.38. The molecule has 1 aliphatic carbocycles. The molecule has 194 valence electrons. The Labute approximate surface area is 223 Å². The van der Waals surface area contributed by atoms with Gasteiger partial charge in [0.2, 0.25) is 0 Å². The maximum Gasteiger partial charge on any atom is 0.338 e. The average molecular weight is 522 g/mol. The van der Waals surface area contributed by atoms with Crippen molar-refractivity contribution in [3.8, 4) is 16.9 Å². The normalized spacial score (nSPS) is 16.6. The molecule has 0 atom stereocenters. The smallest absolute Gasteiger partial charge is 0.338 e. The van der Waals surface area contributed by atoms with Crippen molar-refractivity contribution >= 4 is 30.3 Å². The molecule has 1 aliphatic rings. The van der Waals surface area contributed by atoms with Crippen LogP contribution in [0.4, 0.5) is 0 Å². The van der Waals surface area contributed by atoms with Crippen LogP contribution in [-0.2, 0) is 16.1 Å². The van der Waals surface area contributed by atoms with E-state index in [1.807, 2.05) is 54.6 Å². The summed E-state index contributed by atoms with van der Waals surface area (Å²) < 4.78 is 11.0. The second kappa shape index (κ2) is 13.5. The molecule has 1 saturated carbocycles. The Morgan fingerprint density at radius 3 is 2.05 bits per heavy atom. The van der Waals surface area contributed by atoms with E-state index in [9.17, 15) is 9.59 Å². The van der Waals surface area contributed by atoms with Gasteiger partial charge in [0.15, 0.2) is 5.96 Å². The molecule has 0 aliphatic heterocycles. The summed E-state index contributed by atoms with van der Waals surface area (Å²) in [5, 5.41) is 10.1. The summed E-state index contributed by atoms with van der Waals surface area (Å²) in [7, 11) is 0. The van der Waals surface area contributed by atoms with Crippen LogP contribution in [0, 0.1) is 17.2 Å². The Kier molecular flexibility index (Phi) is 10.1. The molecule has 3 aromatic carbocycles. The summed E-state index contributed by atoms with van der Waals surface area (Å²) in [5.41, 5.74) is 8.69. The minimum absolute atomic E-state index is 0. The number of guanidine groups is 1. The van der Waals surface area contributed by atoms with Crippen LogP contribution in [0.3, 0.4) is 0 Å². The van der Waals surface area contributed by atoms with Gasteiger partial charge in [-0.15, -0.1) is 12.4 Å². The maximum atomic E-state index is 12.6. The van der Waals surface area contributed by atoms with Gasteiger partial charge >= 0.3 is 11.9 Å². The highest BCUT2D eigenvalue weighted by Crippen LogP contribution is 2.30. The molecule has 1 fully saturated rings. The van der Waals surface area contributed by atoms with Crippen molar-refractivity contribution in [3.05, 3.63) is 90.0 Å². The van der Waals surface area contributed by atoms with Gasteiger partial charge < -0.3 is 20.5 Å². The number of hydrogen-bond donors (Lipinski definition) is 3.